The Balaban J connectivity index is 2.08. The maximum atomic E-state index is 12.1. The van der Waals surface area contributed by atoms with Crippen molar-refractivity contribution in [3.63, 3.8) is 0 Å². The summed E-state index contributed by atoms with van der Waals surface area (Å²) in [6.07, 6.45) is 0. The Morgan fingerprint density at radius 3 is 2.06 bits per heavy atom. The van der Waals surface area contributed by atoms with E-state index in [2.05, 4.69) is 33.0 Å². The molecular formula is C15H18N2O. The van der Waals surface area contributed by atoms with Crippen LogP contribution in [-0.2, 0) is 0 Å². The number of rotatable bonds is 2. The van der Waals surface area contributed by atoms with Gasteiger partial charge >= 0.3 is 0 Å². The molecule has 1 saturated carbocycles. The van der Waals surface area contributed by atoms with Crippen molar-refractivity contribution in [3.05, 3.63) is 35.4 Å². The molecule has 1 aliphatic rings. The molecule has 18 heavy (non-hydrogen) atoms. The number of carbonyl (C=O) groups excluding carboxylic acids is 1. The van der Waals surface area contributed by atoms with Crippen LogP contribution in [-0.4, -0.2) is 11.9 Å². The van der Waals surface area contributed by atoms with Gasteiger partial charge in [-0.3, -0.25) is 4.79 Å². The second-order valence-electron chi connectivity index (χ2n) is 6.04. The van der Waals surface area contributed by atoms with E-state index in [1.54, 1.807) is 24.3 Å². The molecule has 3 nitrogen and oxygen atoms in total. The summed E-state index contributed by atoms with van der Waals surface area (Å²) in [5.41, 5.74) is 1.44. The lowest BCUT2D eigenvalue weighted by atomic mass is 10.0. The van der Waals surface area contributed by atoms with Crippen LogP contribution in [0.25, 0.3) is 0 Å². The highest BCUT2D eigenvalue weighted by molar-refractivity contribution is 5.94. The number of hydrogen-bond donors (Lipinski definition) is 1. The van der Waals surface area contributed by atoms with Crippen molar-refractivity contribution >= 4 is 5.91 Å². The zero-order chi connectivity index (χ0) is 13.6. The summed E-state index contributed by atoms with van der Waals surface area (Å²) in [4.78, 5) is 12.1. The minimum atomic E-state index is -0.0665. The summed E-state index contributed by atoms with van der Waals surface area (Å²) < 4.78 is 0. The molecule has 1 N–H and O–H groups in total. The highest BCUT2D eigenvalue weighted by atomic mass is 16.1. The van der Waals surface area contributed by atoms with Gasteiger partial charge in [-0.05, 0) is 35.1 Å². The first-order valence-electron chi connectivity index (χ1n) is 6.12. The van der Waals surface area contributed by atoms with Gasteiger partial charge in [0.25, 0.3) is 5.91 Å². The number of nitrogens with zero attached hydrogens (tertiary/aromatic N) is 1. The van der Waals surface area contributed by atoms with E-state index in [4.69, 9.17) is 5.26 Å². The van der Waals surface area contributed by atoms with Crippen LogP contribution >= 0.6 is 0 Å². The Bertz CT molecular complexity index is 506. The molecule has 3 heteroatoms. The number of nitrogens with one attached hydrogen (secondary N) is 1. The van der Waals surface area contributed by atoms with Crippen LogP contribution in [0.2, 0.25) is 0 Å². The van der Waals surface area contributed by atoms with Gasteiger partial charge in [-0.1, -0.05) is 27.7 Å². The van der Waals surface area contributed by atoms with Crippen molar-refractivity contribution in [2.75, 3.05) is 0 Å². The normalized spacial score (nSPS) is 19.9. The number of amides is 1. The highest BCUT2D eigenvalue weighted by Gasteiger charge is 2.65. The molecule has 0 saturated heterocycles. The number of carbonyl (C=O) groups is 1. The van der Waals surface area contributed by atoms with Crippen LogP contribution in [0, 0.1) is 22.2 Å². The van der Waals surface area contributed by atoms with Crippen molar-refractivity contribution in [2.45, 2.75) is 33.7 Å². The van der Waals surface area contributed by atoms with E-state index in [1.807, 2.05) is 6.07 Å². The van der Waals surface area contributed by atoms with Crippen molar-refractivity contribution in [1.29, 1.82) is 5.26 Å². The summed E-state index contributed by atoms with van der Waals surface area (Å²) in [5, 5.41) is 11.8. The van der Waals surface area contributed by atoms with Crippen molar-refractivity contribution in [1.82, 2.24) is 5.32 Å². The molecule has 0 spiro atoms. The van der Waals surface area contributed by atoms with Gasteiger partial charge in [-0.25, -0.2) is 0 Å². The average Bonchev–Trinajstić information content (AvgIpc) is 2.72. The highest BCUT2D eigenvalue weighted by Crippen LogP contribution is 2.62. The number of nitriles is 1. The lowest BCUT2D eigenvalue weighted by molar-refractivity contribution is 0.0943. The van der Waals surface area contributed by atoms with Gasteiger partial charge in [0.2, 0.25) is 0 Å². The van der Waals surface area contributed by atoms with Gasteiger partial charge in [0.1, 0.15) is 0 Å². The first kappa shape index (κ1) is 12.6. The largest absolute Gasteiger partial charge is 0.348 e. The average molecular weight is 242 g/mol. The first-order chi connectivity index (χ1) is 8.30. The summed E-state index contributed by atoms with van der Waals surface area (Å²) in [6.45, 7) is 8.65. The van der Waals surface area contributed by atoms with E-state index in [9.17, 15) is 4.79 Å². The maximum Gasteiger partial charge on any atom is 0.251 e. The van der Waals surface area contributed by atoms with E-state index < -0.39 is 0 Å². The fraction of sp³-hybridized carbons (Fsp3) is 0.467. The fourth-order valence-corrected chi connectivity index (χ4v) is 2.47. The monoisotopic (exact) mass is 242 g/mol. The summed E-state index contributed by atoms with van der Waals surface area (Å²) in [6, 6.07) is 8.95. The second kappa shape index (κ2) is 3.84. The van der Waals surface area contributed by atoms with Gasteiger partial charge in [0.05, 0.1) is 11.6 Å². The van der Waals surface area contributed by atoms with Crippen LogP contribution in [0.1, 0.15) is 43.6 Å². The van der Waals surface area contributed by atoms with Crippen LogP contribution in [0.3, 0.4) is 0 Å². The standard InChI is InChI=1S/C15H18N2O/c1-14(2)13(15(14,3)4)17-12(18)11-7-5-10(9-16)6-8-11/h5-8,13H,1-4H3,(H,17,18). The molecule has 2 rings (SSSR count). The van der Waals surface area contributed by atoms with Gasteiger partial charge in [-0.15, -0.1) is 0 Å². The molecule has 1 amide bonds. The quantitative estimate of drug-likeness (QED) is 0.867. The molecule has 0 radical (unpaired) electrons. The maximum absolute atomic E-state index is 12.1. The molecule has 1 aliphatic carbocycles. The molecule has 0 aliphatic heterocycles. The van der Waals surface area contributed by atoms with Gasteiger partial charge in [0, 0.05) is 11.6 Å². The zero-order valence-electron chi connectivity index (χ0n) is 11.2. The third-order valence-electron chi connectivity index (χ3n) is 4.57. The van der Waals surface area contributed by atoms with Gasteiger partial charge < -0.3 is 5.32 Å². The third kappa shape index (κ3) is 1.78. The van der Waals surface area contributed by atoms with Crippen molar-refractivity contribution < 1.29 is 4.79 Å². The molecule has 0 unspecified atom stereocenters. The smallest absolute Gasteiger partial charge is 0.251 e. The Labute approximate surface area is 108 Å². The molecule has 0 bridgehead atoms. The van der Waals surface area contributed by atoms with Crippen molar-refractivity contribution in [3.8, 4) is 6.07 Å². The molecule has 1 fully saturated rings. The predicted octanol–water partition coefficient (Wildman–Crippen LogP) is 2.72. The second-order valence-corrected chi connectivity index (χ2v) is 6.04. The van der Waals surface area contributed by atoms with E-state index in [0.717, 1.165) is 0 Å². The number of hydrogen-bond acceptors (Lipinski definition) is 2. The minimum absolute atomic E-state index is 0.0665. The van der Waals surface area contributed by atoms with Crippen LogP contribution in [0.15, 0.2) is 24.3 Å². The Hall–Kier alpha value is -1.82. The van der Waals surface area contributed by atoms with E-state index in [0.29, 0.717) is 11.1 Å². The van der Waals surface area contributed by atoms with Crippen molar-refractivity contribution in [2.24, 2.45) is 10.8 Å². The topological polar surface area (TPSA) is 52.9 Å². The third-order valence-corrected chi connectivity index (χ3v) is 4.57. The molecule has 1 aromatic rings. The zero-order valence-corrected chi connectivity index (χ0v) is 11.2. The van der Waals surface area contributed by atoms with Crippen LogP contribution in [0.4, 0.5) is 0 Å². The van der Waals surface area contributed by atoms with E-state index in [1.165, 1.54) is 0 Å². The SMILES string of the molecule is CC1(C)C(NC(=O)c2ccc(C#N)cc2)C1(C)C. The predicted molar refractivity (Wildman–Crippen MR) is 70.0 cm³/mol. The first-order valence-corrected chi connectivity index (χ1v) is 6.12. The molecule has 0 atom stereocenters. The summed E-state index contributed by atoms with van der Waals surface area (Å²) in [5.74, 6) is -0.0665. The molecule has 0 aromatic heterocycles. The van der Waals surface area contributed by atoms with Gasteiger partial charge in [0.15, 0.2) is 0 Å². The fourth-order valence-electron chi connectivity index (χ4n) is 2.47. The van der Waals surface area contributed by atoms with E-state index >= 15 is 0 Å². The van der Waals surface area contributed by atoms with Gasteiger partial charge in [-0.2, -0.15) is 5.26 Å². The minimum Gasteiger partial charge on any atom is -0.348 e. The van der Waals surface area contributed by atoms with E-state index in [-0.39, 0.29) is 22.8 Å². The molecule has 94 valence electrons. The van der Waals surface area contributed by atoms with Crippen LogP contribution in [0.5, 0.6) is 0 Å². The lowest BCUT2D eigenvalue weighted by Crippen LogP contribution is -2.29. The Morgan fingerprint density at radius 1 is 1.17 bits per heavy atom. The lowest BCUT2D eigenvalue weighted by Gasteiger charge is -2.06. The summed E-state index contributed by atoms with van der Waals surface area (Å²) >= 11 is 0. The van der Waals surface area contributed by atoms with Crippen LogP contribution < -0.4 is 5.32 Å². The Kier molecular flexibility index (Phi) is 2.70. The summed E-state index contributed by atoms with van der Waals surface area (Å²) in [7, 11) is 0. The Morgan fingerprint density at radius 2 is 1.67 bits per heavy atom. The molecule has 1 aromatic carbocycles. The number of benzene rings is 1. The molecule has 0 heterocycles. The molecular weight excluding hydrogens is 224 g/mol.